The molecule has 0 unspecified atom stereocenters. The highest BCUT2D eigenvalue weighted by atomic mass is 35.5. The summed E-state index contributed by atoms with van der Waals surface area (Å²) in [5.74, 6) is 0.00483. The molecule has 28 heavy (non-hydrogen) atoms. The highest BCUT2D eigenvalue weighted by Crippen LogP contribution is 2.28. The highest BCUT2D eigenvalue weighted by molar-refractivity contribution is 6.30. The summed E-state index contributed by atoms with van der Waals surface area (Å²) in [4.78, 5) is 17.6. The quantitative estimate of drug-likeness (QED) is 0.244. The Morgan fingerprint density at radius 2 is 1.57 bits per heavy atom. The molecule has 1 heterocycles. The van der Waals surface area contributed by atoms with E-state index in [2.05, 4.69) is 5.16 Å². The maximum atomic E-state index is 12.3. The summed E-state index contributed by atoms with van der Waals surface area (Å²) in [5, 5.41) is 5.74. The normalized spacial score (nSPS) is 11.6. The van der Waals surface area contributed by atoms with Gasteiger partial charge in [-0.05, 0) is 37.3 Å². The molecule has 0 aliphatic heterocycles. The predicted molar refractivity (Wildman–Crippen MR) is 110 cm³/mol. The van der Waals surface area contributed by atoms with Gasteiger partial charge in [0.1, 0.15) is 5.58 Å². The van der Waals surface area contributed by atoms with Crippen molar-refractivity contribution in [1.82, 2.24) is 0 Å². The molecule has 0 amide bonds. The van der Waals surface area contributed by atoms with Gasteiger partial charge in [-0.15, -0.1) is 0 Å². The molecule has 0 aliphatic rings. The van der Waals surface area contributed by atoms with Crippen molar-refractivity contribution < 1.29 is 14.0 Å². The van der Waals surface area contributed by atoms with Gasteiger partial charge < -0.3 is 9.25 Å². The first-order chi connectivity index (χ1) is 13.6. The van der Waals surface area contributed by atoms with Gasteiger partial charge in [-0.2, -0.15) is 0 Å². The van der Waals surface area contributed by atoms with Gasteiger partial charge in [0.25, 0.3) is 0 Å². The topological polar surface area (TPSA) is 51.8 Å². The fourth-order valence-electron chi connectivity index (χ4n) is 2.95. The van der Waals surface area contributed by atoms with Crippen LogP contribution in [0.1, 0.15) is 27.2 Å². The third-order valence-corrected chi connectivity index (χ3v) is 4.66. The first kappa shape index (κ1) is 18.0. The average Bonchev–Trinajstić information content (AvgIpc) is 3.06. The molecule has 0 spiro atoms. The molecule has 1 aromatic heterocycles. The minimum atomic E-state index is -0.541. The van der Waals surface area contributed by atoms with E-state index in [-0.39, 0.29) is 0 Å². The van der Waals surface area contributed by atoms with E-state index in [0.29, 0.717) is 22.1 Å². The van der Waals surface area contributed by atoms with Crippen molar-refractivity contribution in [1.29, 1.82) is 0 Å². The average molecular weight is 390 g/mol. The number of rotatable bonds is 4. The third-order valence-electron chi connectivity index (χ3n) is 4.41. The Labute approximate surface area is 167 Å². The van der Waals surface area contributed by atoms with E-state index in [1.807, 2.05) is 49.4 Å². The van der Waals surface area contributed by atoms with Gasteiger partial charge in [-0.3, -0.25) is 0 Å². The Morgan fingerprint density at radius 1 is 0.893 bits per heavy atom. The first-order valence-electron chi connectivity index (χ1n) is 8.72. The van der Waals surface area contributed by atoms with Crippen LogP contribution in [-0.2, 0) is 4.84 Å². The van der Waals surface area contributed by atoms with Crippen LogP contribution in [0.2, 0.25) is 5.02 Å². The van der Waals surface area contributed by atoms with Crippen molar-refractivity contribution in [2.75, 3.05) is 0 Å². The minimum absolute atomic E-state index is 0.419. The Bertz CT molecular complexity index is 1160. The van der Waals surface area contributed by atoms with Crippen LogP contribution in [0.5, 0.6) is 0 Å². The molecule has 5 heteroatoms. The summed E-state index contributed by atoms with van der Waals surface area (Å²) in [6, 6.07) is 23.6. The summed E-state index contributed by atoms with van der Waals surface area (Å²) in [5.41, 5.74) is 3.23. The third kappa shape index (κ3) is 3.55. The van der Waals surface area contributed by atoms with Crippen LogP contribution < -0.4 is 0 Å². The van der Waals surface area contributed by atoms with E-state index >= 15 is 0 Å². The van der Waals surface area contributed by atoms with Gasteiger partial charge in [0.2, 0.25) is 0 Å². The summed E-state index contributed by atoms with van der Waals surface area (Å²) in [7, 11) is 0. The predicted octanol–water partition coefficient (Wildman–Crippen LogP) is 6.00. The maximum Gasteiger partial charge on any atom is 0.365 e. The van der Waals surface area contributed by atoms with Crippen molar-refractivity contribution in [2.45, 2.75) is 6.92 Å². The lowest BCUT2D eigenvalue weighted by Crippen LogP contribution is -2.08. The maximum absolute atomic E-state index is 12.3. The fraction of sp³-hybridized carbons (Fsp3) is 0.0435. The SMILES string of the molecule is Cc1c(/C(=N/OC(=O)c2ccccc2)c2ccc(Cl)cc2)oc2ccccc12. The van der Waals surface area contributed by atoms with Gasteiger partial charge in [0, 0.05) is 21.5 Å². The van der Waals surface area contributed by atoms with E-state index in [1.54, 1.807) is 36.4 Å². The van der Waals surface area contributed by atoms with E-state index in [0.717, 1.165) is 22.1 Å². The number of fused-ring (bicyclic) bond motifs is 1. The molecule has 0 saturated carbocycles. The van der Waals surface area contributed by atoms with Crippen LogP contribution in [0.3, 0.4) is 0 Å². The second kappa shape index (κ2) is 7.71. The molecule has 3 aromatic carbocycles. The largest absolute Gasteiger partial charge is 0.454 e. The molecule has 0 N–H and O–H groups in total. The summed E-state index contributed by atoms with van der Waals surface area (Å²) >= 11 is 6.02. The number of oxime groups is 1. The minimum Gasteiger partial charge on any atom is -0.454 e. The van der Waals surface area contributed by atoms with Crippen LogP contribution >= 0.6 is 11.6 Å². The second-order valence-electron chi connectivity index (χ2n) is 6.24. The first-order valence-corrected chi connectivity index (χ1v) is 9.10. The van der Waals surface area contributed by atoms with Gasteiger partial charge >= 0.3 is 5.97 Å². The zero-order valence-electron chi connectivity index (χ0n) is 15.1. The Morgan fingerprint density at radius 3 is 2.29 bits per heavy atom. The Kier molecular flexibility index (Phi) is 4.96. The zero-order valence-corrected chi connectivity index (χ0v) is 15.8. The molecule has 0 saturated heterocycles. The second-order valence-corrected chi connectivity index (χ2v) is 6.68. The zero-order chi connectivity index (χ0) is 19.5. The number of carbonyl (C=O) groups is 1. The van der Waals surface area contributed by atoms with Crippen molar-refractivity contribution >= 4 is 34.3 Å². The van der Waals surface area contributed by atoms with E-state index < -0.39 is 5.97 Å². The lowest BCUT2D eigenvalue weighted by molar-refractivity contribution is 0.0516. The Hall–Kier alpha value is -3.37. The van der Waals surface area contributed by atoms with Crippen molar-refractivity contribution in [2.24, 2.45) is 5.16 Å². The monoisotopic (exact) mass is 389 g/mol. The molecule has 0 bridgehead atoms. The van der Waals surface area contributed by atoms with Gasteiger partial charge in [-0.1, -0.05) is 65.3 Å². The number of nitrogens with zero attached hydrogens (tertiary/aromatic N) is 1. The smallest absolute Gasteiger partial charge is 0.365 e. The number of para-hydroxylation sites is 1. The summed E-state index contributed by atoms with van der Waals surface area (Å²) < 4.78 is 6.03. The van der Waals surface area contributed by atoms with Gasteiger partial charge in [0.05, 0.1) is 5.56 Å². The van der Waals surface area contributed by atoms with E-state index in [1.165, 1.54) is 0 Å². The molecule has 4 aromatic rings. The lowest BCUT2D eigenvalue weighted by atomic mass is 10.0. The number of halogens is 1. The molecular formula is C23H16ClNO3. The summed E-state index contributed by atoms with van der Waals surface area (Å²) in [6.07, 6.45) is 0. The van der Waals surface area contributed by atoms with Crippen LogP contribution in [0.15, 0.2) is 88.4 Å². The molecule has 0 aliphatic carbocycles. The van der Waals surface area contributed by atoms with Crippen molar-refractivity contribution in [3.8, 4) is 0 Å². The van der Waals surface area contributed by atoms with Crippen molar-refractivity contribution in [3.05, 3.63) is 106 Å². The summed E-state index contributed by atoms with van der Waals surface area (Å²) in [6.45, 7) is 1.95. The number of benzene rings is 3. The Balaban J connectivity index is 1.78. The molecule has 0 fully saturated rings. The molecule has 138 valence electrons. The lowest BCUT2D eigenvalue weighted by Gasteiger charge is -2.06. The molecular weight excluding hydrogens is 374 g/mol. The molecule has 4 nitrogen and oxygen atoms in total. The van der Waals surface area contributed by atoms with Crippen LogP contribution in [0.25, 0.3) is 11.0 Å². The molecule has 4 rings (SSSR count). The number of hydrogen-bond acceptors (Lipinski definition) is 4. The van der Waals surface area contributed by atoms with Gasteiger partial charge in [0.15, 0.2) is 11.5 Å². The van der Waals surface area contributed by atoms with Crippen LogP contribution in [0.4, 0.5) is 0 Å². The number of aryl methyl sites for hydroxylation is 1. The van der Waals surface area contributed by atoms with Crippen LogP contribution in [-0.4, -0.2) is 11.7 Å². The van der Waals surface area contributed by atoms with E-state index in [9.17, 15) is 4.79 Å². The number of hydrogen-bond donors (Lipinski definition) is 0. The number of furan rings is 1. The van der Waals surface area contributed by atoms with Crippen molar-refractivity contribution in [3.63, 3.8) is 0 Å². The number of carbonyl (C=O) groups excluding carboxylic acids is 1. The van der Waals surface area contributed by atoms with Crippen LogP contribution in [0, 0.1) is 6.92 Å². The molecule has 0 radical (unpaired) electrons. The molecule has 0 atom stereocenters. The van der Waals surface area contributed by atoms with E-state index in [4.69, 9.17) is 20.9 Å². The fourth-order valence-corrected chi connectivity index (χ4v) is 3.07. The highest BCUT2D eigenvalue weighted by Gasteiger charge is 2.19. The standard InChI is InChI=1S/C23H16ClNO3/c1-15-19-9-5-6-10-20(19)27-22(15)21(16-11-13-18(24)14-12-16)25-28-23(26)17-7-3-2-4-8-17/h2-14H,1H3/b25-21+. The van der Waals surface area contributed by atoms with Gasteiger partial charge in [-0.25, -0.2) is 4.79 Å².